The maximum absolute atomic E-state index is 12.4. The van der Waals surface area contributed by atoms with E-state index in [9.17, 15) is 13.2 Å². The number of carbonyl (C=O) groups is 1. The molecule has 138 valence electrons. The number of amides is 1. The van der Waals surface area contributed by atoms with Crippen molar-refractivity contribution < 1.29 is 13.2 Å². The SMILES string of the molecule is Cc1cc(C(=O)NCc2ccc(Cl)cc2)nc(NC2CCS(=O)(=O)C2)n1. The summed E-state index contributed by atoms with van der Waals surface area (Å²) in [5, 5.41) is 6.45. The molecule has 26 heavy (non-hydrogen) atoms. The Morgan fingerprint density at radius 3 is 2.65 bits per heavy atom. The highest BCUT2D eigenvalue weighted by molar-refractivity contribution is 7.91. The van der Waals surface area contributed by atoms with Crippen LogP contribution in [0.4, 0.5) is 5.95 Å². The van der Waals surface area contributed by atoms with Crippen molar-refractivity contribution in [1.82, 2.24) is 15.3 Å². The predicted octanol–water partition coefficient (Wildman–Crippen LogP) is 1.97. The molecule has 0 radical (unpaired) electrons. The molecule has 1 atom stereocenters. The summed E-state index contributed by atoms with van der Waals surface area (Å²) in [6.07, 6.45) is 0.512. The Hall–Kier alpha value is -2.19. The maximum Gasteiger partial charge on any atom is 0.270 e. The molecule has 1 aliphatic rings. The second kappa shape index (κ2) is 7.59. The van der Waals surface area contributed by atoms with Crippen LogP contribution in [0.5, 0.6) is 0 Å². The first-order valence-electron chi connectivity index (χ1n) is 8.16. The van der Waals surface area contributed by atoms with Gasteiger partial charge in [0.25, 0.3) is 5.91 Å². The van der Waals surface area contributed by atoms with Gasteiger partial charge < -0.3 is 10.6 Å². The third-order valence-electron chi connectivity index (χ3n) is 4.02. The summed E-state index contributed by atoms with van der Waals surface area (Å²) in [6, 6.07) is 8.55. The van der Waals surface area contributed by atoms with Crippen LogP contribution in [0.2, 0.25) is 5.02 Å². The molecule has 1 saturated heterocycles. The first-order chi connectivity index (χ1) is 12.3. The van der Waals surface area contributed by atoms with E-state index in [1.54, 1.807) is 25.1 Å². The van der Waals surface area contributed by atoms with Gasteiger partial charge in [0.05, 0.1) is 11.5 Å². The molecule has 2 aromatic rings. The van der Waals surface area contributed by atoms with Gasteiger partial charge in [0.15, 0.2) is 9.84 Å². The highest BCUT2D eigenvalue weighted by atomic mass is 35.5. The van der Waals surface area contributed by atoms with E-state index < -0.39 is 9.84 Å². The summed E-state index contributed by atoms with van der Waals surface area (Å²) < 4.78 is 23.1. The number of nitrogens with zero attached hydrogens (tertiary/aromatic N) is 2. The lowest BCUT2D eigenvalue weighted by Crippen LogP contribution is -2.26. The second-order valence-electron chi connectivity index (χ2n) is 6.27. The topological polar surface area (TPSA) is 101 Å². The normalized spacial score (nSPS) is 18.5. The fourth-order valence-electron chi connectivity index (χ4n) is 2.72. The van der Waals surface area contributed by atoms with Gasteiger partial charge in [0.1, 0.15) is 5.69 Å². The average molecular weight is 395 g/mol. The number of benzene rings is 1. The van der Waals surface area contributed by atoms with E-state index in [0.29, 0.717) is 23.7 Å². The average Bonchev–Trinajstić information content (AvgIpc) is 2.92. The number of hydrogen-bond acceptors (Lipinski definition) is 6. The molecule has 1 aromatic heterocycles. The van der Waals surface area contributed by atoms with Crippen LogP contribution in [-0.4, -0.2) is 41.8 Å². The van der Waals surface area contributed by atoms with Crippen molar-refractivity contribution in [2.75, 3.05) is 16.8 Å². The van der Waals surface area contributed by atoms with Gasteiger partial charge in [-0.1, -0.05) is 23.7 Å². The molecule has 1 aliphatic heterocycles. The number of sulfone groups is 1. The van der Waals surface area contributed by atoms with E-state index >= 15 is 0 Å². The number of halogens is 1. The molecule has 0 aliphatic carbocycles. The van der Waals surface area contributed by atoms with Gasteiger partial charge in [0.2, 0.25) is 5.95 Å². The lowest BCUT2D eigenvalue weighted by molar-refractivity contribution is 0.0945. The number of nitrogens with one attached hydrogen (secondary N) is 2. The molecular weight excluding hydrogens is 376 g/mol. The van der Waals surface area contributed by atoms with E-state index in [-0.39, 0.29) is 35.1 Å². The quantitative estimate of drug-likeness (QED) is 0.804. The van der Waals surface area contributed by atoms with Crippen LogP contribution in [-0.2, 0) is 16.4 Å². The van der Waals surface area contributed by atoms with Crippen LogP contribution >= 0.6 is 11.6 Å². The lowest BCUT2D eigenvalue weighted by Gasteiger charge is -2.12. The Morgan fingerprint density at radius 2 is 2.00 bits per heavy atom. The smallest absolute Gasteiger partial charge is 0.270 e. The molecular formula is C17H19ClN4O3S. The zero-order valence-electron chi connectivity index (χ0n) is 14.2. The zero-order valence-corrected chi connectivity index (χ0v) is 15.8. The van der Waals surface area contributed by atoms with Crippen molar-refractivity contribution in [3.63, 3.8) is 0 Å². The van der Waals surface area contributed by atoms with Gasteiger partial charge in [-0.05, 0) is 37.1 Å². The third-order valence-corrected chi connectivity index (χ3v) is 6.04. The minimum atomic E-state index is -3.00. The Kier molecular flexibility index (Phi) is 5.43. The van der Waals surface area contributed by atoms with Crippen LogP contribution in [0.3, 0.4) is 0 Å². The number of carbonyl (C=O) groups excluding carboxylic acids is 1. The van der Waals surface area contributed by atoms with Gasteiger partial charge in [-0.2, -0.15) is 0 Å². The molecule has 0 bridgehead atoms. The minimum absolute atomic E-state index is 0.0579. The van der Waals surface area contributed by atoms with Crippen molar-refractivity contribution in [2.24, 2.45) is 0 Å². The highest BCUT2D eigenvalue weighted by Crippen LogP contribution is 2.16. The third kappa shape index (κ3) is 4.92. The van der Waals surface area contributed by atoms with Gasteiger partial charge in [0, 0.05) is 23.3 Å². The number of rotatable bonds is 5. The van der Waals surface area contributed by atoms with Crippen molar-refractivity contribution in [1.29, 1.82) is 0 Å². The molecule has 9 heteroatoms. The highest BCUT2D eigenvalue weighted by Gasteiger charge is 2.28. The molecule has 0 spiro atoms. The molecule has 2 heterocycles. The molecule has 2 N–H and O–H groups in total. The van der Waals surface area contributed by atoms with Gasteiger partial charge >= 0.3 is 0 Å². The zero-order chi connectivity index (χ0) is 18.7. The van der Waals surface area contributed by atoms with Crippen molar-refractivity contribution in [3.05, 3.63) is 52.3 Å². The standard InChI is InChI=1S/C17H19ClN4O3S/c1-11-8-15(16(23)19-9-12-2-4-13(18)5-3-12)22-17(20-11)21-14-6-7-26(24,25)10-14/h2-5,8,14H,6-7,9-10H2,1H3,(H,19,23)(H,20,21,22). The molecule has 0 saturated carbocycles. The van der Waals surface area contributed by atoms with Crippen LogP contribution in [0.25, 0.3) is 0 Å². The molecule has 1 amide bonds. The van der Waals surface area contributed by atoms with Gasteiger partial charge in [-0.25, -0.2) is 18.4 Å². The second-order valence-corrected chi connectivity index (χ2v) is 8.94. The van der Waals surface area contributed by atoms with Crippen molar-refractivity contribution in [3.8, 4) is 0 Å². The Labute approximate surface area is 157 Å². The van der Waals surface area contributed by atoms with E-state index in [1.807, 2.05) is 12.1 Å². The van der Waals surface area contributed by atoms with Crippen LogP contribution in [0.1, 0.15) is 28.2 Å². The summed E-state index contributed by atoms with van der Waals surface area (Å²) in [4.78, 5) is 20.8. The van der Waals surface area contributed by atoms with Crippen LogP contribution < -0.4 is 10.6 Å². The van der Waals surface area contributed by atoms with Gasteiger partial charge in [-0.3, -0.25) is 4.79 Å². The fourth-order valence-corrected chi connectivity index (χ4v) is 4.52. The monoisotopic (exact) mass is 394 g/mol. The van der Waals surface area contributed by atoms with E-state index in [4.69, 9.17) is 11.6 Å². The van der Waals surface area contributed by atoms with Crippen molar-refractivity contribution in [2.45, 2.75) is 25.9 Å². The predicted molar refractivity (Wildman–Crippen MR) is 100 cm³/mol. The lowest BCUT2D eigenvalue weighted by atomic mass is 10.2. The molecule has 1 fully saturated rings. The van der Waals surface area contributed by atoms with Crippen molar-refractivity contribution >= 4 is 33.3 Å². The van der Waals surface area contributed by atoms with E-state index in [1.165, 1.54) is 0 Å². The molecule has 1 unspecified atom stereocenters. The summed E-state index contributed by atoms with van der Waals surface area (Å²) in [7, 11) is -3.00. The summed E-state index contributed by atoms with van der Waals surface area (Å²) in [5.74, 6) is 0.157. The number of anilines is 1. The molecule has 3 rings (SSSR count). The first-order valence-corrected chi connectivity index (χ1v) is 10.4. The number of aryl methyl sites for hydroxylation is 1. The van der Waals surface area contributed by atoms with E-state index in [2.05, 4.69) is 20.6 Å². The number of hydrogen-bond donors (Lipinski definition) is 2. The van der Waals surface area contributed by atoms with Crippen LogP contribution in [0, 0.1) is 6.92 Å². The Morgan fingerprint density at radius 1 is 1.27 bits per heavy atom. The maximum atomic E-state index is 12.4. The molecule has 7 nitrogen and oxygen atoms in total. The fraction of sp³-hybridized carbons (Fsp3) is 0.353. The summed E-state index contributed by atoms with van der Waals surface area (Å²) >= 11 is 5.84. The summed E-state index contributed by atoms with van der Waals surface area (Å²) in [5.41, 5.74) is 1.78. The van der Waals surface area contributed by atoms with E-state index in [0.717, 1.165) is 5.56 Å². The van der Waals surface area contributed by atoms with Crippen LogP contribution in [0.15, 0.2) is 30.3 Å². The summed E-state index contributed by atoms with van der Waals surface area (Å²) in [6.45, 7) is 2.11. The number of aromatic nitrogens is 2. The molecule has 1 aromatic carbocycles. The Balaban J connectivity index is 1.66. The Bertz CT molecular complexity index is 916. The first kappa shape index (κ1) is 18.6. The largest absolute Gasteiger partial charge is 0.350 e. The minimum Gasteiger partial charge on any atom is -0.350 e. The van der Waals surface area contributed by atoms with Gasteiger partial charge in [-0.15, -0.1) is 0 Å².